The van der Waals surface area contributed by atoms with E-state index in [0.717, 1.165) is 17.0 Å². The third-order valence-corrected chi connectivity index (χ3v) is 6.52. The smallest absolute Gasteiger partial charge is 0.289 e. The molecule has 1 aromatic heterocycles. The van der Waals surface area contributed by atoms with Gasteiger partial charge >= 0.3 is 0 Å². The molecule has 0 N–H and O–H groups in total. The topological polar surface area (TPSA) is 110 Å². The average Bonchev–Trinajstić information content (AvgIpc) is 2.94. The highest BCUT2D eigenvalue weighted by Gasteiger charge is 2.33. The van der Waals surface area contributed by atoms with Crippen molar-refractivity contribution in [3.05, 3.63) is 51.4 Å². The summed E-state index contributed by atoms with van der Waals surface area (Å²) < 4.78 is 32.1. The third-order valence-electron chi connectivity index (χ3n) is 4.57. The first kappa shape index (κ1) is 18.5. The van der Waals surface area contributed by atoms with Crippen molar-refractivity contribution in [2.24, 2.45) is 0 Å². The van der Waals surface area contributed by atoms with E-state index >= 15 is 0 Å². The lowest BCUT2D eigenvalue weighted by molar-refractivity contribution is -0.387. The van der Waals surface area contributed by atoms with E-state index in [1.807, 2.05) is 13.8 Å². The summed E-state index contributed by atoms with van der Waals surface area (Å²) in [7, 11) is -3.91. The summed E-state index contributed by atoms with van der Waals surface area (Å²) in [4.78, 5) is 12.3. The number of aromatic nitrogens is 1. The van der Waals surface area contributed by atoms with Crippen LogP contribution in [0.1, 0.15) is 17.0 Å². The summed E-state index contributed by atoms with van der Waals surface area (Å²) in [6.07, 6.45) is 0. The SMILES string of the molecule is Cc1noc(C)c1CN1CCN(S(=O)(=O)c2ccccc2[N+](=O)[O-])CC1. The second kappa shape index (κ2) is 7.14. The Morgan fingerprint density at radius 1 is 1.19 bits per heavy atom. The number of nitro groups is 1. The van der Waals surface area contributed by atoms with Crippen molar-refractivity contribution in [3.63, 3.8) is 0 Å². The van der Waals surface area contributed by atoms with E-state index in [2.05, 4.69) is 10.1 Å². The zero-order chi connectivity index (χ0) is 18.9. The number of para-hydroxylation sites is 1. The van der Waals surface area contributed by atoms with Gasteiger partial charge in [0.1, 0.15) is 5.76 Å². The number of aryl methyl sites for hydroxylation is 2. The van der Waals surface area contributed by atoms with E-state index in [1.165, 1.54) is 28.6 Å². The number of nitrogens with zero attached hydrogens (tertiary/aromatic N) is 4. The van der Waals surface area contributed by atoms with Crippen LogP contribution < -0.4 is 0 Å². The van der Waals surface area contributed by atoms with E-state index in [1.54, 1.807) is 0 Å². The van der Waals surface area contributed by atoms with Crippen LogP contribution in [0.25, 0.3) is 0 Å². The molecule has 1 aliphatic heterocycles. The summed E-state index contributed by atoms with van der Waals surface area (Å²) in [5.74, 6) is 0.762. The molecule has 2 aromatic rings. The fourth-order valence-electron chi connectivity index (χ4n) is 3.04. The van der Waals surface area contributed by atoms with Crippen molar-refractivity contribution >= 4 is 15.7 Å². The minimum Gasteiger partial charge on any atom is -0.361 e. The molecule has 0 atom stereocenters. The Hall–Kier alpha value is -2.30. The quantitative estimate of drug-likeness (QED) is 0.573. The summed E-state index contributed by atoms with van der Waals surface area (Å²) in [6, 6.07) is 5.44. The number of sulfonamides is 1. The number of benzene rings is 1. The minimum atomic E-state index is -3.91. The van der Waals surface area contributed by atoms with Gasteiger partial charge in [-0.1, -0.05) is 17.3 Å². The average molecular weight is 380 g/mol. The highest BCUT2D eigenvalue weighted by Crippen LogP contribution is 2.27. The molecule has 26 heavy (non-hydrogen) atoms. The third kappa shape index (κ3) is 3.48. The van der Waals surface area contributed by atoms with Gasteiger partial charge < -0.3 is 4.52 Å². The van der Waals surface area contributed by atoms with Crippen LogP contribution in [0.5, 0.6) is 0 Å². The molecule has 10 heteroatoms. The van der Waals surface area contributed by atoms with Crippen LogP contribution in [0.4, 0.5) is 5.69 Å². The predicted molar refractivity (Wildman–Crippen MR) is 93.1 cm³/mol. The highest BCUT2D eigenvalue weighted by molar-refractivity contribution is 7.89. The molecule has 0 amide bonds. The fraction of sp³-hybridized carbons (Fsp3) is 0.438. The van der Waals surface area contributed by atoms with Gasteiger partial charge in [0.25, 0.3) is 5.69 Å². The molecule has 140 valence electrons. The van der Waals surface area contributed by atoms with E-state index in [4.69, 9.17) is 4.52 Å². The number of nitro benzene ring substituents is 1. The molecule has 1 aromatic carbocycles. The molecule has 1 saturated heterocycles. The van der Waals surface area contributed by atoms with Crippen LogP contribution in [0, 0.1) is 24.0 Å². The molecule has 0 unspecified atom stereocenters. The normalized spacial score (nSPS) is 16.7. The second-order valence-corrected chi connectivity index (χ2v) is 8.11. The Balaban J connectivity index is 1.72. The van der Waals surface area contributed by atoms with Gasteiger partial charge in [-0.15, -0.1) is 0 Å². The van der Waals surface area contributed by atoms with Crippen molar-refractivity contribution < 1.29 is 17.9 Å². The molecule has 0 saturated carbocycles. The van der Waals surface area contributed by atoms with Crippen LogP contribution in [-0.2, 0) is 16.6 Å². The van der Waals surface area contributed by atoms with Gasteiger partial charge in [0.15, 0.2) is 4.90 Å². The summed E-state index contributed by atoms with van der Waals surface area (Å²) in [5.41, 5.74) is 1.45. The molecule has 1 aliphatic rings. The van der Waals surface area contributed by atoms with E-state index in [0.29, 0.717) is 19.6 Å². The number of rotatable bonds is 5. The zero-order valence-corrected chi connectivity index (χ0v) is 15.4. The van der Waals surface area contributed by atoms with Crippen LogP contribution in [0.15, 0.2) is 33.7 Å². The highest BCUT2D eigenvalue weighted by atomic mass is 32.2. The van der Waals surface area contributed by atoms with E-state index in [-0.39, 0.29) is 18.0 Å². The molecule has 2 heterocycles. The van der Waals surface area contributed by atoms with Gasteiger partial charge in [-0.25, -0.2) is 8.42 Å². The Morgan fingerprint density at radius 3 is 2.42 bits per heavy atom. The maximum absolute atomic E-state index is 12.8. The lowest BCUT2D eigenvalue weighted by Crippen LogP contribution is -2.48. The van der Waals surface area contributed by atoms with Gasteiger partial charge in [0.05, 0.1) is 10.6 Å². The number of hydrogen-bond acceptors (Lipinski definition) is 7. The molecule has 1 fully saturated rings. The molecule has 0 bridgehead atoms. The van der Waals surface area contributed by atoms with E-state index < -0.39 is 20.6 Å². The van der Waals surface area contributed by atoms with Crippen LogP contribution in [0.3, 0.4) is 0 Å². The Labute approximate surface area is 151 Å². The van der Waals surface area contributed by atoms with Crippen molar-refractivity contribution in [2.75, 3.05) is 26.2 Å². The predicted octanol–water partition coefficient (Wildman–Crippen LogP) is 1.71. The van der Waals surface area contributed by atoms with Crippen molar-refractivity contribution in [2.45, 2.75) is 25.3 Å². The molecule has 0 radical (unpaired) electrons. The van der Waals surface area contributed by atoms with Crippen LogP contribution >= 0.6 is 0 Å². The van der Waals surface area contributed by atoms with Crippen molar-refractivity contribution in [1.82, 2.24) is 14.4 Å². The lowest BCUT2D eigenvalue weighted by Gasteiger charge is -2.33. The van der Waals surface area contributed by atoms with Gasteiger partial charge in [-0.2, -0.15) is 4.31 Å². The Morgan fingerprint density at radius 2 is 1.85 bits per heavy atom. The second-order valence-electron chi connectivity index (χ2n) is 6.21. The first-order valence-corrected chi connectivity index (χ1v) is 9.62. The largest absolute Gasteiger partial charge is 0.361 e. The summed E-state index contributed by atoms with van der Waals surface area (Å²) in [6.45, 7) is 5.98. The maximum atomic E-state index is 12.8. The lowest BCUT2D eigenvalue weighted by atomic mass is 10.2. The van der Waals surface area contributed by atoms with Crippen LogP contribution in [-0.4, -0.2) is 53.9 Å². The van der Waals surface area contributed by atoms with E-state index in [9.17, 15) is 18.5 Å². The molecule has 9 nitrogen and oxygen atoms in total. The molecule has 3 rings (SSSR count). The Kier molecular flexibility index (Phi) is 5.08. The standard InChI is InChI=1S/C16H20N4O5S/c1-12-14(13(2)25-17-12)11-18-7-9-19(10-8-18)26(23,24)16-6-4-3-5-15(16)20(21)22/h3-6H,7-11H2,1-2H3. The minimum absolute atomic E-state index is 0.260. The first-order valence-electron chi connectivity index (χ1n) is 8.18. The van der Waals surface area contributed by atoms with Crippen LogP contribution in [0.2, 0.25) is 0 Å². The van der Waals surface area contributed by atoms with Gasteiger partial charge in [0, 0.05) is 44.4 Å². The first-order chi connectivity index (χ1) is 12.3. The fourth-order valence-corrected chi connectivity index (χ4v) is 4.62. The Bertz CT molecular complexity index is 897. The van der Waals surface area contributed by atoms with Gasteiger partial charge in [0.2, 0.25) is 10.0 Å². The molecule has 0 spiro atoms. The summed E-state index contributed by atoms with van der Waals surface area (Å²) >= 11 is 0. The van der Waals surface area contributed by atoms with Crippen molar-refractivity contribution in [3.8, 4) is 0 Å². The van der Waals surface area contributed by atoms with Crippen molar-refractivity contribution in [1.29, 1.82) is 0 Å². The molecular weight excluding hydrogens is 360 g/mol. The number of hydrogen-bond donors (Lipinski definition) is 0. The molecule has 0 aliphatic carbocycles. The summed E-state index contributed by atoms with van der Waals surface area (Å²) in [5, 5.41) is 15.1. The molecular formula is C16H20N4O5S. The van der Waals surface area contributed by atoms with Gasteiger partial charge in [-0.3, -0.25) is 15.0 Å². The maximum Gasteiger partial charge on any atom is 0.289 e. The monoisotopic (exact) mass is 380 g/mol. The number of piperazine rings is 1. The zero-order valence-electron chi connectivity index (χ0n) is 14.6. The van der Waals surface area contributed by atoms with Gasteiger partial charge in [-0.05, 0) is 19.9 Å².